The predicted molar refractivity (Wildman–Crippen MR) is 70.1 cm³/mol. The zero-order chi connectivity index (χ0) is 11.1. The summed E-state index contributed by atoms with van der Waals surface area (Å²) in [6.07, 6.45) is 9.28. The van der Waals surface area contributed by atoms with Gasteiger partial charge in [-0.2, -0.15) is 0 Å². The summed E-state index contributed by atoms with van der Waals surface area (Å²) in [6.45, 7) is 5.87. The molecule has 1 fully saturated rings. The first kappa shape index (κ1) is 12.9. The molecular weight excluding hydrogens is 202 g/mol. The van der Waals surface area contributed by atoms with Crippen molar-refractivity contribution in [1.82, 2.24) is 5.32 Å². The molecule has 1 saturated carbocycles. The molecule has 1 nitrogen and oxygen atoms in total. The van der Waals surface area contributed by atoms with Crippen molar-refractivity contribution in [1.29, 1.82) is 0 Å². The number of rotatable bonds is 5. The molecule has 1 N–H and O–H groups in total. The largest absolute Gasteiger partial charge is 0.313 e. The van der Waals surface area contributed by atoms with Crippen LogP contribution in [0.4, 0.5) is 0 Å². The number of hydrogen-bond acceptors (Lipinski definition) is 2. The molecule has 1 rings (SSSR count). The third kappa shape index (κ3) is 4.95. The molecule has 2 heteroatoms. The van der Waals surface area contributed by atoms with Gasteiger partial charge < -0.3 is 5.32 Å². The van der Waals surface area contributed by atoms with Crippen LogP contribution in [0.25, 0.3) is 0 Å². The van der Waals surface area contributed by atoms with Gasteiger partial charge in [-0.25, -0.2) is 0 Å². The van der Waals surface area contributed by atoms with Crippen LogP contribution in [-0.4, -0.2) is 24.1 Å². The minimum absolute atomic E-state index is 0.752. The maximum Gasteiger partial charge on any atom is 0.0545 e. The molecule has 0 aromatic carbocycles. The van der Waals surface area contributed by atoms with Gasteiger partial charge in [0.25, 0.3) is 0 Å². The Kier molecular flexibility index (Phi) is 6.20. The molecule has 0 radical (unpaired) electrons. The average molecular weight is 225 g/mol. The van der Waals surface area contributed by atoms with E-state index in [0.29, 0.717) is 0 Å². The Balaban J connectivity index is 2.05. The van der Waals surface area contributed by atoms with Gasteiger partial charge in [-0.05, 0) is 31.1 Å². The van der Waals surface area contributed by atoms with Crippen LogP contribution in [-0.2, 0) is 0 Å². The van der Waals surface area contributed by atoms with Crippen molar-refractivity contribution in [2.24, 2.45) is 11.8 Å². The summed E-state index contributed by atoms with van der Waals surface area (Å²) >= 11 is 1.84. The first-order valence-corrected chi connectivity index (χ1v) is 7.14. The van der Waals surface area contributed by atoms with Crippen LogP contribution in [0.3, 0.4) is 0 Å². The van der Waals surface area contributed by atoms with Crippen LogP contribution in [0.5, 0.6) is 0 Å². The maximum absolute atomic E-state index is 5.20. The van der Waals surface area contributed by atoms with E-state index in [-0.39, 0.29) is 0 Å². The number of nitrogens with one attached hydrogen (secondary N) is 1. The number of thioether (sulfide) groups is 1. The third-order valence-corrected chi connectivity index (χ3v) is 4.33. The molecule has 3 unspecified atom stereocenters. The summed E-state index contributed by atoms with van der Waals surface area (Å²) in [5, 5.41) is 3.64. The Hall–Kier alpha value is -0.130. The fourth-order valence-electron chi connectivity index (χ4n) is 2.20. The lowest BCUT2D eigenvalue weighted by atomic mass is 9.79. The van der Waals surface area contributed by atoms with Crippen molar-refractivity contribution < 1.29 is 0 Å². The van der Waals surface area contributed by atoms with Gasteiger partial charge in [0.1, 0.15) is 0 Å². The van der Waals surface area contributed by atoms with Crippen LogP contribution >= 0.6 is 11.8 Å². The summed E-state index contributed by atoms with van der Waals surface area (Å²) in [7, 11) is 0. The molecule has 0 saturated heterocycles. The highest BCUT2D eigenvalue weighted by atomic mass is 32.2. The van der Waals surface area contributed by atoms with E-state index in [4.69, 9.17) is 6.42 Å². The van der Waals surface area contributed by atoms with Crippen LogP contribution in [0, 0.1) is 24.2 Å². The highest BCUT2D eigenvalue weighted by Crippen LogP contribution is 2.29. The SMILES string of the molecule is C#CCSCCNC1CCC(C)C(C)C1. The highest BCUT2D eigenvalue weighted by molar-refractivity contribution is 7.99. The van der Waals surface area contributed by atoms with E-state index in [2.05, 4.69) is 25.1 Å². The summed E-state index contributed by atoms with van der Waals surface area (Å²) in [6, 6.07) is 0.752. The van der Waals surface area contributed by atoms with E-state index in [9.17, 15) is 0 Å². The molecule has 0 aromatic heterocycles. The van der Waals surface area contributed by atoms with Crippen molar-refractivity contribution in [3.05, 3.63) is 0 Å². The predicted octanol–water partition coefficient (Wildman–Crippen LogP) is 2.77. The van der Waals surface area contributed by atoms with E-state index in [1.54, 1.807) is 0 Å². The molecule has 0 spiro atoms. The number of hydrogen-bond donors (Lipinski definition) is 1. The Bertz CT molecular complexity index is 209. The average Bonchev–Trinajstić information content (AvgIpc) is 2.23. The Morgan fingerprint density at radius 3 is 2.80 bits per heavy atom. The van der Waals surface area contributed by atoms with Crippen molar-refractivity contribution >= 4 is 11.8 Å². The molecule has 0 amide bonds. The Morgan fingerprint density at radius 1 is 1.33 bits per heavy atom. The fourth-order valence-corrected chi connectivity index (χ4v) is 2.72. The van der Waals surface area contributed by atoms with Crippen molar-refractivity contribution in [2.75, 3.05) is 18.1 Å². The minimum atomic E-state index is 0.752. The van der Waals surface area contributed by atoms with Gasteiger partial charge in [0.2, 0.25) is 0 Å². The molecular formula is C13H23NS. The molecule has 1 aliphatic carbocycles. The lowest BCUT2D eigenvalue weighted by molar-refractivity contribution is 0.228. The normalized spacial score (nSPS) is 31.1. The first-order valence-electron chi connectivity index (χ1n) is 5.98. The van der Waals surface area contributed by atoms with E-state index >= 15 is 0 Å². The molecule has 86 valence electrons. The minimum Gasteiger partial charge on any atom is -0.313 e. The Labute approximate surface area is 98.8 Å². The van der Waals surface area contributed by atoms with Crippen molar-refractivity contribution in [2.45, 2.75) is 39.2 Å². The maximum atomic E-state index is 5.20. The van der Waals surface area contributed by atoms with Gasteiger partial charge in [-0.15, -0.1) is 18.2 Å². The fraction of sp³-hybridized carbons (Fsp3) is 0.846. The Morgan fingerprint density at radius 2 is 2.13 bits per heavy atom. The molecule has 1 aliphatic rings. The van der Waals surface area contributed by atoms with E-state index in [0.717, 1.165) is 35.9 Å². The van der Waals surface area contributed by atoms with Gasteiger partial charge in [0, 0.05) is 18.3 Å². The second-order valence-corrected chi connectivity index (χ2v) is 5.78. The van der Waals surface area contributed by atoms with Crippen LogP contribution < -0.4 is 5.32 Å². The molecule has 0 heterocycles. The standard InChI is InChI=1S/C13H23NS/c1-4-8-15-9-7-14-13-6-5-11(2)12(3)10-13/h1,11-14H,5-10H2,2-3H3. The highest BCUT2D eigenvalue weighted by Gasteiger charge is 2.23. The van der Waals surface area contributed by atoms with E-state index in [1.807, 2.05) is 11.8 Å². The summed E-state index contributed by atoms with van der Waals surface area (Å²) in [5.74, 6) is 6.44. The third-order valence-electron chi connectivity index (χ3n) is 3.46. The van der Waals surface area contributed by atoms with Gasteiger partial charge in [0.15, 0.2) is 0 Å². The van der Waals surface area contributed by atoms with Crippen molar-refractivity contribution in [3.63, 3.8) is 0 Å². The number of terminal acetylenes is 1. The second kappa shape index (κ2) is 7.19. The summed E-state index contributed by atoms with van der Waals surface area (Å²) in [4.78, 5) is 0. The monoisotopic (exact) mass is 225 g/mol. The summed E-state index contributed by atoms with van der Waals surface area (Å²) < 4.78 is 0. The molecule has 0 aromatic rings. The van der Waals surface area contributed by atoms with Gasteiger partial charge in [-0.1, -0.05) is 19.8 Å². The van der Waals surface area contributed by atoms with Crippen molar-refractivity contribution in [3.8, 4) is 12.3 Å². The van der Waals surface area contributed by atoms with E-state index < -0.39 is 0 Å². The zero-order valence-corrected chi connectivity index (χ0v) is 10.8. The van der Waals surface area contributed by atoms with Gasteiger partial charge in [-0.3, -0.25) is 0 Å². The van der Waals surface area contributed by atoms with Crippen LogP contribution in [0.2, 0.25) is 0 Å². The lowest BCUT2D eigenvalue weighted by Gasteiger charge is -2.32. The van der Waals surface area contributed by atoms with Crippen LogP contribution in [0.15, 0.2) is 0 Å². The second-order valence-electron chi connectivity index (χ2n) is 4.68. The molecule has 15 heavy (non-hydrogen) atoms. The van der Waals surface area contributed by atoms with Gasteiger partial charge in [0.05, 0.1) is 5.75 Å². The lowest BCUT2D eigenvalue weighted by Crippen LogP contribution is -2.37. The molecule has 3 atom stereocenters. The van der Waals surface area contributed by atoms with Crippen LogP contribution in [0.1, 0.15) is 33.1 Å². The molecule has 0 bridgehead atoms. The smallest absolute Gasteiger partial charge is 0.0545 e. The van der Waals surface area contributed by atoms with Gasteiger partial charge >= 0.3 is 0 Å². The quantitative estimate of drug-likeness (QED) is 0.570. The topological polar surface area (TPSA) is 12.0 Å². The summed E-state index contributed by atoms with van der Waals surface area (Å²) in [5.41, 5.74) is 0. The first-order chi connectivity index (χ1) is 7.24. The van der Waals surface area contributed by atoms with E-state index in [1.165, 1.54) is 19.3 Å². The molecule has 0 aliphatic heterocycles. The zero-order valence-electron chi connectivity index (χ0n) is 9.96.